The van der Waals surface area contributed by atoms with Crippen LogP contribution in [-0.2, 0) is 9.47 Å². The molecule has 3 atom stereocenters. The molecule has 1 aromatic heterocycles. The van der Waals surface area contributed by atoms with Crippen LogP contribution in [0.5, 0.6) is 0 Å². The van der Waals surface area contributed by atoms with Gasteiger partial charge >= 0.3 is 0 Å². The summed E-state index contributed by atoms with van der Waals surface area (Å²) < 4.78 is 13.4. The van der Waals surface area contributed by atoms with Gasteiger partial charge in [-0.25, -0.2) is 0 Å². The second-order valence-electron chi connectivity index (χ2n) is 4.63. The number of aromatic nitrogens is 3. The van der Waals surface area contributed by atoms with E-state index in [1.54, 1.807) is 14.2 Å². The lowest BCUT2D eigenvalue weighted by atomic mass is 9.89. The third-order valence-corrected chi connectivity index (χ3v) is 3.68. The number of ether oxygens (including phenoxy) is 2. The molecule has 1 fully saturated rings. The Morgan fingerprint density at radius 2 is 1.47 bits per heavy atom. The lowest BCUT2D eigenvalue weighted by Gasteiger charge is -2.38. The van der Waals surface area contributed by atoms with Crippen LogP contribution in [0.2, 0.25) is 0 Å². The van der Waals surface area contributed by atoms with Gasteiger partial charge in [0.25, 0.3) is 0 Å². The molecule has 17 heavy (non-hydrogen) atoms. The van der Waals surface area contributed by atoms with E-state index in [1.807, 2.05) is 13.8 Å². The molecule has 0 radical (unpaired) electrons. The van der Waals surface area contributed by atoms with Gasteiger partial charge in [0.1, 0.15) is 11.6 Å². The Hall–Kier alpha value is -0.940. The maximum Gasteiger partial charge on any atom is 0.130 e. The fourth-order valence-electron chi connectivity index (χ4n) is 2.85. The number of hydrogen-bond donors (Lipinski definition) is 0. The molecule has 1 unspecified atom stereocenters. The third kappa shape index (κ3) is 2.21. The average Bonchev–Trinajstić information content (AvgIpc) is 2.68. The van der Waals surface area contributed by atoms with Crippen LogP contribution in [0.4, 0.5) is 0 Å². The van der Waals surface area contributed by atoms with E-state index in [4.69, 9.17) is 9.47 Å². The van der Waals surface area contributed by atoms with Gasteiger partial charge in [0, 0.05) is 14.2 Å². The van der Waals surface area contributed by atoms with E-state index in [-0.39, 0.29) is 18.2 Å². The zero-order valence-electron chi connectivity index (χ0n) is 11.0. The van der Waals surface area contributed by atoms with Gasteiger partial charge in [0.05, 0.1) is 18.2 Å². The zero-order valence-corrected chi connectivity index (χ0v) is 11.0. The number of nitrogens with zero attached hydrogens (tertiary/aromatic N) is 3. The summed E-state index contributed by atoms with van der Waals surface area (Å²) in [6.07, 6.45) is 3.65. The molecule has 0 spiro atoms. The Morgan fingerprint density at radius 1 is 1.00 bits per heavy atom. The summed E-state index contributed by atoms with van der Waals surface area (Å²) in [6.45, 7) is 3.96. The van der Waals surface area contributed by atoms with Crippen LogP contribution in [0.1, 0.15) is 37.0 Å². The van der Waals surface area contributed by atoms with Crippen molar-refractivity contribution in [2.45, 2.75) is 51.4 Å². The fraction of sp³-hybridized carbons (Fsp3) is 0.833. The lowest BCUT2D eigenvalue weighted by molar-refractivity contribution is -0.0572. The Morgan fingerprint density at radius 3 is 1.88 bits per heavy atom. The predicted molar refractivity (Wildman–Crippen MR) is 64.0 cm³/mol. The molecule has 0 bridgehead atoms. The summed E-state index contributed by atoms with van der Waals surface area (Å²) >= 11 is 0. The lowest BCUT2D eigenvalue weighted by Crippen LogP contribution is -2.41. The van der Waals surface area contributed by atoms with Gasteiger partial charge in [-0.2, -0.15) is 0 Å². The van der Waals surface area contributed by atoms with Crippen LogP contribution >= 0.6 is 0 Å². The SMILES string of the molecule is CO[C@H]1CCC[C@@H](OC)C1n1c(C)nnc1C. The van der Waals surface area contributed by atoms with Crippen LogP contribution in [0.3, 0.4) is 0 Å². The van der Waals surface area contributed by atoms with Crippen molar-refractivity contribution in [2.24, 2.45) is 0 Å². The molecule has 1 heterocycles. The van der Waals surface area contributed by atoms with Gasteiger partial charge in [-0.05, 0) is 33.1 Å². The molecular formula is C12H21N3O2. The topological polar surface area (TPSA) is 49.2 Å². The quantitative estimate of drug-likeness (QED) is 0.804. The fourth-order valence-corrected chi connectivity index (χ4v) is 2.85. The minimum Gasteiger partial charge on any atom is -0.379 e. The van der Waals surface area contributed by atoms with E-state index >= 15 is 0 Å². The molecule has 1 saturated carbocycles. The second kappa shape index (κ2) is 5.14. The van der Waals surface area contributed by atoms with Crippen molar-refractivity contribution in [3.63, 3.8) is 0 Å². The first kappa shape index (κ1) is 12.5. The van der Waals surface area contributed by atoms with E-state index in [0.29, 0.717) is 0 Å². The van der Waals surface area contributed by atoms with E-state index in [1.165, 1.54) is 0 Å². The highest BCUT2D eigenvalue weighted by atomic mass is 16.5. The van der Waals surface area contributed by atoms with Gasteiger partial charge < -0.3 is 14.0 Å². The molecular weight excluding hydrogens is 218 g/mol. The molecule has 0 amide bonds. The van der Waals surface area contributed by atoms with Gasteiger partial charge in [0.2, 0.25) is 0 Å². The molecule has 2 rings (SSSR count). The van der Waals surface area contributed by atoms with E-state index < -0.39 is 0 Å². The highest BCUT2D eigenvalue weighted by molar-refractivity contribution is 5.01. The van der Waals surface area contributed by atoms with Crippen LogP contribution in [0, 0.1) is 13.8 Å². The molecule has 5 heteroatoms. The zero-order chi connectivity index (χ0) is 12.4. The predicted octanol–water partition coefficient (Wildman–Crippen LogP) is 1.65. The number of hydrogen-bond acceptors (Lipinski definition) is 4. The van der Waals surface area contributed by atoms with Crippen molar-refractivity contribution in [3.8, 4) is 0 Å². The largest absolute Gasteiger partial charge is 0.379 e. The van der Waals surface area contributed by atoms with E-state index in [2.05, 4.69) is 14.8 Å². The maximum atomic E-state index is 5.61. The highest BCUT2D eigenvalue weighted by Crippen LogP contribution is 2.34. The van der Waals surface area contributed by atoms with E-state index in [9.17, 15) is 0 Å². The van der Waals surface area contributed by atoms with Gasteiger partial charge in [-0.15, -0.1) is 10.2 Å². The summed E-state index contributed by atoms with van der Waals surface area (Å²) in [5.74, 6) is 1.86. The second-order valence-corrected chi connectivity index (χ2v) is 4.63. The molecule has 1 aliphatic carbocycles. The first-order valence-electron chi connectivity index (χ1n) is 6.12. The molecule has 1 aliphatic rings. The summed E-state index contributed by atoms with van der Waals surface area (Å²) in [4.78, 5) is 0. The molecule has 0 aliphatic heterocycles. The first-order chi connectivity index (χ1) is 8.19. The van der Waals surface area contributed by atoms with Crippen LogP contribution in [0.25, 0.3) is 0 Å². The number of aryl methyl sites for hydroxylation is 2. The van der Waals surface area contributed by atoms with Crippen LogP contribution in [0.15, 0.2) is 0 Å². The molecule has 0 aromatic carbocycles. The normalized spacial score (nSPS) is 29.5. The average molecular weight is 239 g/mol. The standard InChI is InChI=1S/C12H21N3O2/c1-8-13-14-9(2)15(8)12-10(16-3)6-5-7-11(12)17-4/h10-12H,5-7H2,1-4H3/t10-,11+,12?. The van der Waals surface area contributed by atoms with Gasteiger partial charge in [-0.1, -0.05) is 0 Å². The summed E-state index contributed by atoms with van der Waals surface area (Å²) in [5, 5.41) is 8.26. The molecule has 96 valence electrons. The van der Waals surface area contributed by atoms with Crippen molar-refractivity contribution >= 4 is 0 Å². The summed E-state index contributed by atoms with van der Waals surface area (Å²) in [6, 6.07) is 0.189. The monoisotopic (exact) mass is 239 g/mol. The van der Waals surface area contributed by atoms with Crippen molar-refractivity contribution < 1.29 is 9.47 Å². The van der Waals surface area contributed by atoms with E-state index in [0.717, 1.165) is 30.9 Å². The van der Waals surface area contributed by atoms with Crippen molar-refractivity contribution in [1.29, 1.82) is 0 Å². The van der Waals surface area contributed by atoms with Gasteiger partial charge in [0.15, 0.2) is 0 Å². The Labute approximate surface area is 102 Å². The maximum absolute atomic E-state index is 5.61. The van der Waals surface area contributed by atoms with Crippen molar-refractivity contribution in [1.82, 2.24) is 14.8 Å². The minimum absolute atomic E-state index is 0.182. The smallest absolute Gasteiger partial charge is 0.130 e. The molecule has 0 saturated heterocycles. The summed E-state index contributed by atoms with van der Waals surface area (Å²) in [7, 11) is 3.54. The van der Waals surface area contributed by atoms with Crippen molar-refractivity contribution in [3.05, 3.63) is 11.6 Å². The molecule has 5 nitrogen and oxygen atoms in total. The van der Waals surface area contributed by atoms with Crippen LogP contribution < -0.4 is 0 Å². The molecule has 0 N–H and O–H groups in total. The van der Waals surface area contributed by atoms with Crippen LogP contribution in [-0.4, -0.2) is 41.2 Å². The van der Waals surface area contributed by atoms with Gasteiger partial charge in [-0.3, -0.25) is 0 Å². The highest BCUT2D eigenvalue weighted by Gasteiger charge is 2.36. The number of methoxy groups -OCH3 is 2. The Balaban J connectivity index is 2.36. The first-order valence-corrected chi connectivity index (χ1v) is 6.12. The Bertz CT molecular complexity index is 346. The Kier molecular flexibility index (Phi) is 3.79. The summed E-state index contributed by atoms with van der Waals surface area (Å²) in [5.41, 5.74) is 0. The number of rotatable bonds is 3. The third-order valence-electron chi connectivity index (χ3n) is 3.68. The van der Waals surface area contributed by atoms with Crippen molar-refractivity contribution in [2.75, 3.05) is 14.2 Å². The molecule has 1 aromatic rings. The minimum atomic E-state index is 0.182.